The molecule has 0 spiro atoms. The van der Waals surface area contributed by atoms with Crippen LogP contribution in [0, 0.1) is 10.1 Å². The minimum atomic E-state index is -0.693. The van der Waals surface area contributed by atoms with E-state index in [9.17, 15) is 15.2 Å². The highest BCUT2D eigenvalue weighted by atomic mass is 35.5. The molecule has 2 aromatic rings. The predicted octanol–water partition coefficient (Wildman–Crippen LogP) is 3.21. The first-order chi connectivity index (χ1) is 9.58. The molecule has 0 radical (unpaired) electrons. The minimum absolute atomic E-state index is 0.169. The Kier molecular flexibility index (Phi) is 4.37. The van der Waals surface area contributed by atoms with Gasteiger partial charge >= 0.3 is 5.69 Å². The van der Waals surface area contributed by atoms with Gasteiger partial charge in [-0.3, -0.25) is 15.1 Å². The molecule has 104 valence electrons. The van der Waals surface area contributed by atoms with Crippen LogP contribution in [-0.4, -0.2) is 22.8 Å². The first-order valence-corrected chi connectivity index (χ1v) is 6.15. The molecule has 1 aromatic heterocycles. The molecule has 6 nitrogen and oxygen atoms in total. The summed E-state index contributed by atoms with van der Waals surface area (Å²) in [5, 5.41) is 20.7. The lowest BCUT2D eigenvalue weighted by molar-refractivity contribution is -0.385. The second-order valence-corrected chi connectivity index (χ2v) is 4.42. The molecule has 2 rings (SSSR count). The molecule has 0 amide bonds. The Hall–Kier alpha value is -2.34. The summed E-state index contributed by atoms with van der Waals surface area (Å²) in [5.41, 5.74) is -0.228. The van der Waals surface area contributed by atoms with Gasteiger partial charge in [0.25, 0.3) is 0 Å². The Morgan fingerprint density at radius 2 is 2.30 bits per heavy atom. The predicted molar refractivity (Wildman–Crippen MR) is 74.6 cm³/mol. The van der Waals surface area contributed by atoms with Gasteiger partial charge in [0.15, 0.2) is 0 Å². The van der Waals surface area contributed by atoms with E-state index in [1.165, 1.54) is 12.3 Å². The number of aliphatic imine (C=N–C) groups is 1. The Bertz CT molecular complexity index is 638. The van der Waals surface area contributed by atoms with Gasteiger partial charge in [-0.25, -0.2) is 0 Å². The van der Waals surface area contributed by atoms with Gasteiger partial charge in [0.1, 0.15) is 5.76 Å². The number of aromatic hydroxyl groups is 1. The second-order valence-electron chi connectivity index (χ2n) is 3.98. The molecule has 20 heavy (non-hydrogen) atoms. The van der Waals surface area contributed by atoms with Gasteiger partial charge in [0, 0.05) is 35.8 Å². The van der Waals surface area contributed by atoms with Crippen molar-refractivity contribution in [2.75, 3.05) is 6.54 Å². The molecule has 0 fully saturated rings. The summed E-state index contributed by atoms with van der Waals surface area (Å²) < 4.78 is 5.15. The van der Waals surface area contributed by atoms with Gasteiger partial charge in [-0.1, -0.05) is 11.6 Å². The average molecular weight is 295 g/mol. The van der Waals surface area contributed by atoms with E-state index in [0.717, 1.165) is 11.8 Å². The third kappa shape index (κ3) is 3.36. The number of phenols is 1. The highest BCUT2D eigenvalue weighted by Crippen LogP contribution is 2.32. The monoisotopic (exact) mass is 294 g/mol. The van der Waals surface area contributed by atoms with Gasteiger partial charge in [0.05, 0.1) is 11.2 Å². The van der Waals surface area contributed by atoms with Crippen molar-refractivity contribution in [2.24, 2.45) is 4.99 Å². The fraction of sp³-hybridized carbons (Fsp3) is 0.154. The molecule has 0 aliphatic carbocycles. The van der Waals surface area contributed by atoms with Crippen LogP contribution in [0.15, 0.2) is 39.9 Å². The Balaban J connectivity index is 2.10. The van der Waals surface area contributed by atoms with E-state index in [1.54, 1.807) is 12.3 Å². The molecule has 1 aromatic carbocycles. The van der Waals surface area contributed by atoms with Crippen LogP contribution in [0.4, 0.5) is 5.69 Å². The summed E-state index contributed by atoms with van der Waals surface area (Å²) in [4.78, 5) is 14.1. The van der Waals surface area contributed by atoms with E-state index in [1.807, 2.05) is 6.07 Å². The van der Waals surface area contributed by atoms with Crippen molar-refractivity contribution < 1.29 is 14.4 Å². The molecule has 0 unspecified atom stereocenters. The molecule has 1 heterocycles. The molecule has 1 N–H and O–H groups in total. The first-order valence-electron chi connectivity index (χ1n) is 5.77. The van der Waals surface area contributed by atoms with Crippen LogP contribution in [0.2, 0.25) is 5.02 Å². The quantitative estimate of drug-likeness (QED) is 0.521. The maximum Gasteiger partial charge on any atom is 0.312 e. The Morgan fingerprint density at radius 1 is 1.50 bits per heavy atom. The number of hydrogen-bond acceptors (Lipinski definition) is 5. The summed E-state index contributed by atoms with van der Waals surface area (Å²) in [6, 6.07) is 6.12. The normalized spacial score (nSPS) is 11.1. The fourth-order valence-corrected chi connectivity index (χ4v) is 1.86. The van der Waals surface area contributed by atoms with Crippen LogP contribution in [0.5, 0.6) is 5.75 Å². The standard InChI is InChI=1S/C13H11ClN2O4/c14-10-6-9(13(17)12(7-10)16(18)19)8-15-4-3-11-2-1-5-20-11/h1-2,5-8,17H,3-4H2. The Labute approximate surface area is 119 Å². The number of furan rings is 1. The molecule has 0 aliphatic rings. The fourth-order valence-electron chi connectivity index (χ4n) is 1.64. The van der Waals surface area contributed by atoms with Crippen LogP contribution in [0.3, 0.4) is 0 Å². The third-order valence-corrected chi connectivity index (χ3v) is 2.80. The van der Waals surface area contributed by atoms with E-state index in [-0.39, 0.29) is 10.6 Å². The molecule has 0 aliphatic heterocycles. The number of hydrogen-bond donors (Lipinski definition) is 1. The van der Waals surface area contributed by atoms with Crippen molar-refractivity contribution in [1.82, 2.24) is 0 Å². The number of nitro benzene ring substituents is 1. The van der Waals surface area contributed by atoms with Gasteiger partial charge in [-0.2, -0.15) is 0 Å². The smallest absolute Gasteiger partial charge is 0.312 e. The zero-order valence-electron chi connectivity index (χ0n) is 10.3. The highest BCUT2D eigenvalue weighted by molar-refractivity contribution is 6.31. The Morgan fingerprint density at radius 3 is 2.95 bits per heavy atom. The molecule has 7 heteroatoms. The summed E-state index contributed by atoms with van der Waals surface area (Å²) in [5.74, 6) is 0.351. The van der Waals surface area contributed by atoms with Gasteiger partial charge in [0.2, 0.25) is 5.75 Å². The molecule has 0 atom stereocenters. The van der Waals surface area contributed by atoms with Crippen LogP contribution >= 0.6 is 11.6 Å². The van der Waals surface area contributed by atoms with Crippen molar-refractivity contribution >= 4 is 23.5 Å². The lowest BCUT2D eigenvalue weighted by Crippen LogP contribution is -1.94. The SMILES string of the molecule is O=[N+]([O-])c1cc(Cl)cc(C=NCCc2ccco2)c1O. The number of nitrogens with zero attached hydrogens (tertiary/aromatic N) is 2. The maximum atomic E-state index is 10.7. The van der Waals surface area contributed by atoms with Crippen LogP contribution in [-0.2, 0) is 6.42 Å². The lowest BCUT2D eigenvalue weighted by Gasteiger charge is -2.01. The first kappa shape index (κ1) is 14.1. The summed E-state index contributed by atoms with van der Waals surface area (Å²) in [7, 11) is 0. The van der Waals surface area contributed by atoms with Gasteiger partial charge < -0.3 is 9.52 Å². The maximum absolute atomic E-state index is 10.7. The van der Waals surface area contributed by atoms with Crippen molar-refractivity contribution in [3.8, 4) is 5.75 Å². The summed E-state index contributed by atoms with van der Waals surface area (Å²) in [6.45, 7) is 0.438. The zero-order chi connectivity index (χ0) is 14.5. The molecule has 0 bridgehead atoms. The van der Waals surface area contributed by atoms with E-state index >= 15 is 0 Å². The van der Waals surface area contributed by atoms with Crippen molar-refractivity contribution in [2.45, 2.75) is 6.42 Å². The topological polar surface area (TPSA) is 88.9 Å². The number of benzene rings is 1. The van der Waals surface area contributed by atoms with Crippen LogP contribution in [0.1, 0.15) is 11.3 Å². The van der Waals surface area contributed by atoms with Gasteiger partial charge in [-0.15, -0.1) is 0 Å². The van der Waals surface area contributed by atoms with Crippen molar-refractivity contribution in [3.63, 3.8) is 0 Å². The second kappa shape index (κ2) is 6.21. The number of phenolic OH excluding ortho intramolecular Hbond substituents is 1. The molecular weight excluding hydrogens is 284 g/mol. The zero-order valence-corrected chi connectivity index (χ0v) is 11.1. The summed E-state index contributed by atoms with van der Waals surface area (Å²) >= 11 is 5.77. The molecule has 0 saturated carbocycles. The van der Waals surface area contributed by atoms with E-state index in [4.69, 9.17) is 16.0 Å². The summed E-state index contributed by atoms with van der Waals surface area (Å²) in [6.07, 6.45) is 3.54. The van der Waals surface area contributed by atoms with E-state index in [0.29, 0.717) is 13.0 Å². The van der Waals surface area contributed by atoms with E-state index in [2.05, 4.69) is 4.99 Å². The average Bonchev–Trinajstić information content (AvgIpc) is 2.91. The van der Waals surface area contributed by atoms with Crippen molar-refractivity contribution in [1.29, 1.82) is 0 Å². The number of nitro groups is 1. The molecular formula is C13H11ClN2O4. The van der Waals surface area contributed by atoms with Crippen molar-refractivity contribution in [3.05, 3.63) is 57.0 Å². The number of halogens is 1. The lowest BCUT2D eigenvalue weighted by atomic mass is 10.2. The molecule has 0 saturated heterocycles. The highest BCUT2D eigenvalue weighted by Gasteiger charge is 2.17. The largest absolute Gasteiger partial charge is 0.502 e. The van der Waals surface area contributed by atoms with E-state index < -0.39 is 16.4 Å². The van der Waals surface area contributed by atoms with Crippen LogP contribution in [0.25, 0.3) is 0 Å². The minimum Gasteiger partial charge on any atom is -0.502 e. The third-order valence-electron chi connectivity index (χ3n) is 2.58. The van der Waals surface area contributed by atoms with Crippen LogP contribution < -0.4 is 0 Å². The van der Waals surface area contributed by atoms with Gasteiger partial charge in [-0.05, 0) is 18.2 Å². The number of rotatable bonds is 5.